The molecule has 10 heteroatoms. The number of fused-ring (bicyclic) bond motifs is 1. The number of hydrogen-bond donors (Lipinski definition) is 6. The van der Waals surface area contributed by atoms with Gasteiger partial charge in [0.05, 0.1) is 6.04 Å². The zero-order valence-corrected chi connectivity index (χ0v) is 21.6. The van der Waals surface area contributed by atoms with Gasteiger partial charge in [0.1, 0.15) is 18.1 Å². The van der Waals surface area contributed by atoms with Crippen molar-refractivity contribution in [2.45, 2.75) is 78.0 Å². The number of carboxylic acids is 1. The molecule has 0 fully saturated rings. The Morgan fingerprint density at radius 1 is 0.861 bits per heavy atom. The van der Waals surface area contributed by atoms with Gasteiger partial charge < -0.3 is 31.8 Å². The summed E-state index contributed by atoms with van der Waals surface area (Å²) in [6.07, 6.45) is 2.72. The Balaban J connectivity index is 2.01. The minimum Gasteiger partial charge on any atom is -0.480 e. The molecule has 1 aromatic heterocycles. The molecular weight excluding hydrogens is 462 g/mol. The van der Waals surface area contributed by atoms with Gasteiger partial charge in [-0.15, -0.1) is 0 Å². The van der Waals surface area contributed by atoms with Crippen molar-refractivity contribution in [3.8, 4) is 0 Å². The zero-order valence-electron chi connectivity index (χ0n) is 21.6. The molecule has 0 aliphatic rings. The van der Waals surface area contributed by atoms with E-state index in [1.54, 1.807) is 0 Å². The summed E-state index contributed by atoms with van der Waals surface area (Å²) in [6.45, 7) is 9.01. The lowest BCUT2D eigenvalue weighted by Crippen LogP contribution is -2.56. The number of rotatable bonds is 13. The van der Waals surface area contributed by atoms with Gasteiger partial charge in [-0.2, -0.15) is 0 Å². The number of carbonyl (C=O) groups is 4. The van der Waals surface area contributed by atoms with Crippen LogP contribution in [0.4, 0.5) is 0 Å². The summed E-state index contributed by atoms with van der Waals surface area (Å²) in [4.78, 5) is 53.0. The molecular formula is C26H39N5O5. The first-order valence-corrected chi connectivity index (χ1v) is 12.3. The van der Waals surface area contributed by atoms with Crippen LogP contribution < -0.4 is 21.7 Å². The second-order valence-electron chi connectivity index (χ2n) is 10.1. The predicted octanol–water partition coefficient (Wildman–Crippen LogP) is 1.69. The first kappa shape index (κ1) is 28.8. The van der Waals surface area contributed by atoms with Crippen LogP contribution in [0.5, 0.6) is 0 Å². The molecule has 2 aromatic rings. The van der Waals surface area contributed by atoms with Gasteiger partial charge in [0.15, 0.2) is 0 Å². The molecule has 0 aliphatic carbocycles. The first-order valence-electron chi connectivity index (χ1n) is 12.3. The molecule has 4 atom stereocenters. The summed E-state index contributed by atoms with van der Waals surface area (Å²) in [5, 5.41) is 18.1. The molecule has 0 saturated carbocycles. The Kier molecular flexibility index (Phi) is 10.5. The molecule has 7 N–H and O–H groups in total. The van der Waals surface area contributed by atoms with E-state index in [1.165, 1.54) is 6.92 Å². The van der Waals surface area contributed by atoms with Crippen LogP contribution in [0.15, 0.2) is 30.5 Å². The number of carboxylic acid groups (broad SMARTS) is 1. The van der Waals surface area contributed by atoms with Crippen LogP contribution in [-0.2, 0) is 25.6 Å². The number of carbonyl (C=O) groups excluding carboxylic acids is 3. The molecule has 10 nitrogen and oxygen atoms in total. The Labute approximate surface area is 211 Å². The smallest absolute Gasteiger partial charge is 0.326 e. The summed E-state index contributed by atoms with van der Waals surface area (Å²) in [6, 6.07) is 3.90. The van der Waals surface area contributed by atoms with Crippen LogP contribution in [0.3, 0.4) is 0 Å². The number of para-hydroxylation sites is 1. The van der Waals surface area contributed by atoms with E-state index in [-0.39, 0.29) is 24.7 Å². The third-order valence-corrected chi connectivity index (χ3v) is 5.87. The highest BCUT2D eigenvalue weighted by Gasteiger charge is 2.29. The quantitative estimate of drug-likeness (QED) is 0.244. The molecule has 4 unspecified atom stereocenters. The lowest BCUT2D eigenvalue weighted by molar-refractivity contribution is -0.142. The third-order valence-electron chi connectivity index (χ3n) is 5.87. The maximum absolute atomic E-state index is 13.0. The molecule has 3 amide bonds. The minimum atomic E-state index is -1.13. The van der Waals surface area contributed by atoms with Crippen LogP contribution in [0, 0.1) is 11.8 Å². The Hall–Kier alpha value is -3.40. The average Bonchev–Trinajstić information content (AvgIpc) is 3.20. The van der Waals surface area contributed by atoms with E-state index < -0.39 is 47.9 Å². The predicted molar refractivity (Wildman–Crippen MR) is 138 cm³/mol. The number of nitrogens with one attached hydrogen (secondary N) is 4. The normalized spacial score (nSPS) is 14.8. The highest BCUT2D eigenvalue weighted by atomic mass is 16.4. The van der Waals surface area contributed by atoms with Crippen molar-refractivity contribution in [3.63, 3.8) is 0 Å². The molecule has 198 valence electrons. The second kappa shape index (κ2) is 13.1. The molecule has 36 heavy (non-hydrogen) atoms. The molecule has 0 radical (unpaired) electrons. The number of H-pyrrole nitrogens is 1. The SMILES string of the molecule is CC(C)CC(NC(=O)C(C)NC(=O)C(CC(C)C)NC(=O)C(N)Cc1c[nH]c2ccccc12)C(=O)O. The number of aromatic nitrogens is 1. The van der Waals surface area contributed by atoms with Crippen molar-refractivity contribution in [1.29, 1.82) is 0 Å². The van der Waals surface area contributed by atoms with Crippen LogP contribution in [0.1, 0.15) is 53.0 Å². The molecule has 2 rings (SSSR count). The fourth-order valence-electron chi connectivity index (χ4n) is 3.98. The van der Waals surface area contributed by atoms with Crippen LogP contribution in [0.2, 0.25) is 0 Å². The van der Waals surface area contributed by atoms with Crippen molar-refractivity contribution >= 4 is 34.6 Å². The lowest BCUT2D eigenvalue weighted by atomic mass is 10.0. The average molecular weight is 502 g/mol. The van der Waals surface area contributed by atoms with Gasteiger partial charge in [-0.3, -0.25) is 14.4 Å². The summed E-state index contributed by atoms with van der Waals surface area (Å²) in [5.41, 5.74) is 8.02. The zero-order chi connectivity index (χ0) is 27.0. The van der Waals surface area contributed by atoms with Gasteiger partial charge in [-0.25, -0.2) is 4.79 Å². The Bertz CT molecular complexity index is 1060. The van der Waals surface area contributed by atoms with Crippen molar-refractivity contribution < 1.29 is 24.3 Å². The number of amides is 3. The van der Waals surface area contributed by atoms with Crippen LogP contribution in [0.25, 0.3) is 10.9 Å². The van der Waals surface area contributed by atoms with Crippen LogP contribution in [-0.4, -0.2) is 57.9 Å². The number of benzene rings is 1. The number of hydrogen-bond acceptors (Lipinski definition) is 5. The van der Waals surface area contributed by atoms with E-state index in [4.69, 9.17) is 5.73 Å². The third kappa shape index (κ3) is 8.37. The van der Waals surface area contributed by atoms with E-state index in [2.05, 4.69) is 20.9 Å². The molecule has 0 bridgehead atoms. The van der Waals surface area contributed by atoms with E-state index in [9.17, 15) is 24.3 Å². The summed E-state index contributed by atoms with van der Waals surface area (Å²) >= 11 is 0. The maximum atomic E-state index is 13.0. The van der Waals surface area contributed by atoms with E-state index in [0.29, 0.717) is 6.42 Å². The molecule has 1 aromatic carbocycles. The summed E-state index contributed by atoms with van der Waals surface area (Å²) < 4.78 is 0. The first-order chi connectivity index (χ1) is 16.9. The largest absolute Gasteiger partial charge is 0.480 e. The van der Waals surface area contributed by atoms with Crippen LogP contribution >= 0.6 is 0 Å². The second-order valence-corrected chi connectivity index (χ2v) is 10.1. The summed E-state index contributed by atoms with van der Waals surface area (Å²) in [5.74, 6) is -2.60. The molecule has 0 saturated heterocycles. The van der Waals surface area contributed by atoms with Gasteiger partial charge in [0, 0.05) is 17.1 Å². The van der Waals surface area contributed by atoms with Gasteiger partial charge >= 0.3 is 5.97 Å². The van der Waals surface area contributed by atoms with E-state index >= 15 is 0 Å². The van der Waals surface area contributed by atoms with Gasteiger partial charge in [0.25, 0.3) is 0 Å². The van der Waals surface area contributed by atoms with E-state index in [0.717, 1.165) is 16.5 Å². The Morgan fingerprint density at radius 3 is 2.06 bits per heavy atom. The number of aromatic amines is 1. The van der Waals surface area contributed by atoms with Crippen molar-refractivity contribution in [2.24, 2.45) is 17.6 Å². The monoisotopic (exact) mass is 501 g/mol. The van der Waals surface area contributed by atoms with Crippen molar-refractivity contribution in [2.75, 3.05) is 0 Å². The lowest BCUT2D eigenvalue weighted by Gasteiger charge is -2.25. The highest BCUT2D eigenvalue weighted by Crippen LogP contribution is 2.19. The Morgan fingerprint density at radius 2 is 1.44 bits per heavy atom. The fourth-order valence-corrected chi connectivity index (χ4v) is 3.98. The molecule has 0 aliphatic heterocycles. The van der Waals surface area contributed by atoms with Crippen molar-refractivity contribution in [1.82, 2.24) is 20.9 Å². The maximum Gasteiger partial charge on any atom is 0.326 e. The van der Waals surface area contributed by atoms with Gasteiger partial charge in [0.2, 0.25) is 17.7 Å². The topological polar surface area (TPSA) is 166 Å². The standard InChI is InChI=1S/C26H39N5O5/c1-14(2)10-21(25(34)29-16(5)23(32)31-22(26(35)36)11-15(3)4)30-24(33)19(27)12-17-13-28-20-9-7-6-8-18(17)20/h6-9,13-16,19,21-22,28H,10-12,27H2,1-5H3,(H,29,34)(H,30,33)(H,31,32)(H,35,36). The van der Waals surface area contributed by atoms with E-state index in [1.807, 2.05) is 58.2 Å². The molecule has 1 heterocycles. The number of aliphatic carboxylic acids is 1. The number of nitrogens with two attached hydrogens (primary N) is 1. The summed E-state index contributed by atoms with van der Waals surface area (Å²) in [7, 11) is 0. The minimum absolute atomic E-state index is 0.0652. The van der Waals surface area contributed by atoms with Gasteiger partial charge in [-0.1, -0.05) is 45.9 Å². The fraction of sp³-hybridized carbons (Fsp3) is 0.538. The van der Waals surface area contributed by atoms with Gasteiger partial charge in [-0.05, 0) is 49.7 Å². The van der Waals surface area contributed by atoms with Crippen molar-refractivity contribution in [3.05, 3.63) is 36.0 Å². The highest BCUT2D eigenvalue weighted by molar-refractivity contribution is 5.94. The molecule has 0 spiro atoms.